The molecular weight excluding hydrogens is 368 g/mol. The fourth-order valence-corrected chi connectivity index (χ4v) is 3.59. The number of aliphatic imine (C=N–C) groups is 1. The van der Waals surface area contributed by atoms with E-state index >= 15 is 0 Å². The molecular formula is C22H18N4O3. The lowest BCUT2D eigenvalue weighted by atomic mass is 9.97. The maximum Gasteiger partial charge on any atom is 0.248 e. The Bertz CT molecular complexity index is 1100. The molecule has 0 bridgehead atoms. The van der Waals surface area contributed by atoms with E-state index in [0.29, 0.717) is 5.56 Å². The van der Waals surface area contributed by atoms with E-state index in [1.807, 2.05) is 48.5 Å². The molecule has 29 heavy (non-hydrogen) atoms. The van der Waals surface area contributed by atoms with E-state index in [1.54, 1.807) is 18.3 Å². The summed E-state index contributed by atoms with van der Waals surface area (Å²) in [5.41, 5.74) is 8.57. The average Bonchev–Trinajstić information content (AvgIpc) is 3.41. The van der Waals surface area contributed by atoms with Gasteiger partial charge in [-0.2, -0.15) is 0 Å². The van der Waals surface area contributed by atoms with Crippen molar-refractivity contribution in [3.8, 4) is 11.5 Å². The van der Waals surface area contributed by atoms with Gasteiger partial charge in [0.05, 0.1) is 11.7 Å². The van der Waals surface area contributed by atoms with Crippen molar-refractivity contribution < 1.29 is 14.3 Å². The van der Waals surface area contributed by atoms with Gasteiger partial charge >= 0.3 is 0 Å². The van der Waals surface area contributed by atoms with Crippen molar-refractivity contribution in [2.75, 3.05) is 6.79 Å². The van der Waals surface area contributed by atoms with Crippen molar-refractivity contribution in [3.63, 3.8) is 0 Å². The number of aromatic nitrogens is 1. The van der Waals surface area contributed by atoms with Crippen LogP contribution >= 0.6 is 0 Å². The van der Waals surface area contributed by atoms with Gasteiger partial charge in [-0.25, -0.2) is 0 Å². The van der Waals surface area contributed by atoms with Crippen LogP contribution in [0, 0.1) is 0 Å². The largest absolute Gasteiger partial charge is 0.454 e. The Morgan fingerprint density at radius 2 is 1.86 bits per heavy atom. The first-order valence-electron chi connectivity index (χ1n) is 9.24. The van der Waals surface area contributed by atoms with Gasteiger partial charge in [0.25, 0.3) is 0 Å². The summed E-state index contributed by atoms with van der Waals surface area (Å²) in [7, 11) is 0. The molecule has 7 nitrogen and oxygen atoms in total. The Morgan fingerprint density at radius 1 is 1.03 bits per heavy atom. The summed E-state index contributed by atoms with van der Waals surface area (Å²) < 4.78 is 11.0. The predicted octanol–water partition coefficient (Wildman–Crippen LogP) is 2.74. The molecule has 7 heteroatoms. The number of hydrogen-bond donors (Lipinski definition) is 2. The number of amides is 1. The summed E-state index contributed by atoms with van der Waals surface area (Å²) in [4.78, 5) is 20.8. The highest BCUT2D eigenvalue weighted by molar-refractivity contribution is 6.01. The van der Waals surface area contributed by atoms with Crippen molar-refractivity contribution in [2.45, 2.75) is 12.1 Å². The van der Waals surface area contributed by atoms with Crippen molar-refractivity contribution in [1.82, 2.24) is 10.3 Å². The van der Waals surface area contributed by atoms with Crippen LogP contribution in [0.4, 0.5) is 0 Å². The molecule has 0 saturated carbocycles. The molecule has 0 radical (unpaired) electrons. The molecule has 1 amide bonds. The van der Waals surface area contributed by atoms with Crippen LogP contribution in [0.1, 0.15) is 39.3 Å². The third-order valence-corrected chi connectivity index (χ3v) is 5.06. The zero-order valence-electron chi connectivity index (χ0n) is 15.4. The van der Waals surface area contributed by atoms with Gasteiger partial charge in [-0.15, -0.1) is 0 Å². The molecule has 2 aliphatic heterocycles. The van der Waals surface area contributed by atoms with Gasteiger partial charge < -0.3 is 20.5 Å². The standard InChI is InChI=1S/C22H18N4O3/c23-21(27)13-4-6-14(7-5-13)22-25-19(20(26-22)16-3-1-2-10-24-16)15-8-9-17-18(11-15)29-12-28-17/h1-11,19-20H,12H2,(H2,23,27)(H,25,26). The second-order valence-electron chi connectivity index (χ2n) is 6.85. The number of nitrogens with two attached hydrogens (primary N) is 1. The number of primary amides is 1. The molecule has 2 aromatic carbocycles. The lowest BCUT2D eigenvalue weighted by Crippen LogP contribution is -2.25. The lowest BCUT2D eigenvalue weighted by Gasteiger charge is -2.19. The number of nitrogens with zero attached hydrogens (tertiary/aromatic N) is 2. The Labute approximate surface area is 167 Å². The minimum Gasteiger partial charge on any atom is -0.454 e. The van der Waals surface area contributed by atoms with Gasteiger partial charge in [-0.1, -0.05) is 24.3 Å². The molecule has 144 valence electrons. The first kappa shape index (κ1) is 17.2. The minimum atomic E-state index is -0.456. The normalized spacial score (nSPS) is 19.5. The molecule has 2 unspecified atom stereocenters. The third-order valence-electron chi connectivity index (χ3n) is 5.06. The predicted molar refractivity (Wildman–Crippen MR) is 107 cm³/mol. The smallest absolute Gasteiger partial charge is 0.248 e. The zero-order valence-corrected chi connectivity index (χ0v) is 15.4. The molecule has 3 N–H and O–H groups in total. The van der Waals surface area contributed by atoms with E-state index in [2.05, 4.69) is 10.3 Å². The van der Waals surface area contributed by atoms with Gasteiger partial charge in [-0.3, -0.25) is 14.8 Å². The Morgan fingerprint density at radius 3 is 2.62 bits per heavy atom. The van der Waals surface area contributed by atoms with Crippen molar-refractivity contribution in [1.29, 1.82) is 0 Å². The highest BCUT2D eigenvalue weighted by atomic mass is 16.7. The number of rotatable bonds is 4. The highest BCUT2D eigenvalue weighted by Gasteiger charge is 2.33. The maximum atomic E-state index is 11.3. The van der Waals surface area contributed by atoms with E-state index in [-0.39, 0.29) is 18.9 Å². The van der Waals surface area contributed by atoms with Crippen molar-refractivity contribution in [3.05, 3.63) is 89.2 Å². The zero-order chi connectivity index (χ0) is 19.8. The SMILES string of the molecule is NC(=O)c1ccc(C2=NC(c3ccc4c(c3)OCO4)C(c3ccccn3)N2)cc1. The molecule has 3 heterocycles. The maximum absolute atomic E-state index is 11.3. The number of pyridine rings is 1. The summed E-state index contributed by atoms with van der Waals surface area (Å²) in [5, 5.41) is 3.49. The summed E-state index contributed by atoms with van der Waals surface area (Å²) in [5.74, 6) is 1.74. The summed E-state index contributed by atoms with van der Waals surface area (Å²) in [6, 6.07) is 18.4. The fraction of sp³-hybridized carbons (Fsp3) is 0.136. The monoisotopic (exact) mass is 386 g/mol. The number of benzene rings is 2. The van der Waals surface area contributed by atoms with Crippen LogP contribution < -0.4 is 20.5 Å². The van der Waals surface area contributed by atoms with E-state index in [0.717, 1.165) is 34.2 Å². The first-order chi connectivity index (χ1) is 14.2. The summed E-state index contributed by atoms with van der Waals surface area (Å²) >= 11 is 0. The topological polar surface area (TPSA) is 98.8 Å². The van der Waals surface area contributed by atoms with Crippen LogP contribution in [0.5, 0.6) is 11.5 Å². The van der Waals surface area contributed by atoms with E-state index < -0.39 is 5.91 Å². The second-order valence-corrected chi connectivity index (χ2v) is 6.85. The molecule has 0 spiro atoms. The Balaban J connectivity index is 1.53. The van der Waals surface area contributed by atoms with Crippen LogP contribution in [0.2, 0.25) is 0 Å². The van der Waals surface area contributed by atoms with Gasteiger partial charge in [-0.05, 0) is 42.0 Å². The first-order valence-corrected chi connectivity index (χ1v) is 9.24. The van der Waals surface area contributed by atoms with Crippen molar-refractivity contribution in [2.24, 2.45) is 10.7 Å². The molecule has 0 aliphatic carbocycles. The van der Waals surface area contributed by atoms with Crippen LogP contribution in [0.25, 0.3) is 0 Å². The average molecular weight is 386 g/mol. The molecule has 0 saturated heterocycles. The number of carbonyl (C=O) groups excluding carboxylic acids is 1. The number of carbonyl (C=O) groups is 1. The number of hydrogen-bond acceptors (Lipinski definition) is 6. The number of nitrogens with one attached hydrogen (secondary N) is 1. The van der Waals surface area contributed by atoms with E-state index in [4.69, 9.17) is 20.2 Å². The number of ether oxygens (including phenoxy) is 2. The van der Waals surface area contributed by atoms with Gasteiger partial charge in [0.1, 0.15) is 11.9 Å². The summed E-state index contributed by atoms with van der Waals surface area (Å²) in [6.07, 6.45) is 1.77. The van der Waals surface area contributed by atoms with Crippen molar-refractivity contribution >= 4 is 11.7 Å². The van der Waals surface area contributed by atoms with Crippen LogP contribution in [-0.2, 0) is 0 Å². The Hall–Kier alpha value is -3.87. The van der Waals surface area contributed by atoms with E-state index in [1.165, 1.54) is 0 Å². The molecule has 1 aromatic heterocycles. The number of fused-ring (bicyclic) bond motifs is 1. The third kappa shape index (κ3) is 3.16. The summed E-state index contributed by atoms with van der Waals surface area (Å²) in [6.45, 7) is 0.228. The van der Waals surface area contributed by atoms with Gasteiger partial charge in [0.2, 0.25) is 12.7 Å². The quantitative estimate of drug-likeness (QED) is 0.718. The van der Waals surface area contributed by atoms with Gasteiger partial charge in [0, 0.05) is 17.3 Å². The molecule has 2 atom stereocenters. The van der Waals surface area contributed by atoms with Gasteiger partial charge in [0.15, 0.2) is 11.5 Å². The van der Waals surface area contributed by atoms with E-state index in [9.17, 15) is 4.79 Å². The highest BCUT2D eigenvalue weighted by Crippen LogP contribution is 2.41. The van der Waals surface area contributed by atoms with Crippen LogP contribution in [0.15, 0.2) is 71.9 Å². The van der Waals surface area contributed by atoms with Crippen LogP contribution in [0.3, 0.4) is 0 Å². The molecule has 5 rings (SSSR count). The molecule has 0 fully saturated rings. The molecule has 2 aliphatic rings. The fourth-order valence-electron chi connectivity index (χ4n) is 3.59. The number of amidine groups is 1. The second kappa shape index (κ2) is 6.94. The van der Waals surface area contributed by atoms with Crippen LogP contribution in [-0.4, -0.2) is 23.5 Å². The molecule has 3 aromatic rings. The lowest BCUT2D eigenvalue weighted by molar-refractivity contribution is 0.100. The minimum absolute atomic E-state index is 0.137. The Kier molecular flexibility index (Phi) is 4.13.